The molecule has 1 aliphatic rings. The molecular formula is C19H19ClN2O4S. The topological polar surface area (TPSA) is 83.6 Å². The van der Waals surface area contributed by atoms with Gasteiger partial charge in [0.15, 0.2) is 9.84 Å². The van der Waals surface area contributed by atoms with Crippen molar-refractivity contribution in [3.8, 4) is 0 Å². The number of benzene rings is 2. The normalized spacial score (nSPS) is 19.1. The Kier molecular flexibility index (Phi) is 5.82. The summed E-state index contributed by atoms with van der Waals surface area (Å²) in [5.41, 5.74) is 1.13. The molecule has 0 bridgehead atoms. The summed E-state index contributed by atoms with van der Waals surface area (Å²) in [6, 6.07) is 14.6. The van der Waals surface area contributed by atoms with Crippen LogP contribution < -0.4 is 5.32 Å². The fourth-order valence-corrected chi connectivity index (χ4v) is 4.78. The highest BCUT2D eigenvalue weighted by Crippen LogP contribution is 2.26. The molecule has 1 unspecified atom stereocenters. The number of sulfone groups is 1. The number of rotatable bonds is 2. The van der Waals surface area contributed by atoms with Crippen molar-refractivity contribution in [1.82, 2.24) is 4.90 Å². The molecule has 3 rings (SSSR count). The van der Waals surface area contributed by atoms with Crippen molar-refractivity contribution < 1.29 is 18.0 Å². The van der Waals surface area contributed by atoms with Gasteiger partial charge in [0.05, 0.1) is 17.5 Å². The Hall–Kier alpha value is -2.38. The summed E-state index contributed by atoms with van der Waals surface area (Å²) >= 11 is 5.82. The molecule has 8 heteroatoms. The number of anilines is 1. The largest absolute Gasteiger partial charge is 0.326 e. The first kappa shape index (κ1) is 19.4. The van der Waals surface area contributed by atoms with Gasteiger partial charge in [-0.3, -0.25) is 9.59 Å². The van der Waals surface area contributed by atoms with Crippen LogP contribution in [-0.4, -0.2) is 43.2 Å². The van der Waals surface area contributed by atoms with Gasteiger partial charge in [0, 0.05) is 17.3 Å². The summed E-state index contributed by atoms with van der Waals surface area (Å²) in [6.07, 6.45) is 0.297. The summed E-state index contributed by atoms with van der Waals surface area (Å²) in [7, 11) is -3.31. The maximum absolute atomic E-state index is 12.8. The van der Waals surface area contributed by atoms with E-state index >= 15 is 0 Å². The molecule has 2 aromatic carbocycles. The van der Waals surface area contributed by atoms with E-state index in [1.54, 1.807) is 48.5 Å². The number of amides is 2. The lowest BCUT2D eigenvalue weighted by molar-refractivity contribution is -0.144. The smallest absolute Gasteiger partial charge is 0.313 e. The molecule has 0 saturated carbocycles. The van der Waals surface area contributed by atoms with Gasteiger partial charge in [-0.25, -0.2) is 8.42 Å². The van der Waals surface area contributed by atoms with Crippen LogP contribution in [0.5, 0.6) is 0 Å². The molecule has 142 valence electrons. The van der Waals surface area contributed by atoms with Gasteiger partial charge in [0.2, 0.25) is 0 Å². The summed E-state index contributed by atoms with van der Waals surface area (Å²) < 4.78 is 24.5. The number of hydrogen-bond donors (Lipinski definition) is 1. The number of carbonyl (C=O) groups is 2. The third-order valence-corrected chi connectivity index (χ3v) is 6.37. The zero-order valence-electron chi connectivity index (χ0n) is 14.5. The Morgan fingerprint density at radius 2 is 1.70 bits per heavy atom. The van der Waals surface area contributed by atoms with Crippen LogP contribution in [0, 0.1) is 0 Å². The molecule has 0 radical (unpaired) electrons. The van der Waals surface area contributed by atoms with Crippen LogP contribution in [0.2, 0.25) is 5.02 Å². The molecule has 1 fully saturated rings. The monoisotopic (exact) mass is 406 g/mol. The quantitative estimate of drug-likeness (QED) is 0.777. The fourth-order valence-electron chi connectivity index (χ4n) is 3.07. The van der Waals surface area contributed by atoms with Crippen molar-refractivity contribution in [3.63, 3.8) is 0 Å². The van der Waals surface area contributed by atoms with Crippen LogP contribution in [0.1, 0.15) is 18.0 Å². The molecule has 2 aromatic rings. The maximum atomic E-state index is 12.8. The first-order valence-electron chi connectivity index (χ1n) is 8.48. The Bertz CT molecular complexity index is 930. The van der Waals surface area contributed by atoms with E-state index in [0.29, 0.717) is 22.7 Å². The van der Waals surface area contributed by atoms with E-state index in [9.17, 15) is 18.0 Å². The molecule has 1 saturated heterocycles. The number of halogens is 1. The molecule has 2 amide bonds. The van der Waals surface area contributed by atoms with Gasteiger partial charge in [0.1, 0.15) is 0 Å². The molecule has 6 nitrogen and oxygen atoms in total. The average molecular weight is 407 g/mol. The van der Waals surface area contributed by atoms with Crippen LogP contribution in [0.3, 0.4) is 0 Å². The van der Waals surface area contributed by atoms with Gasteiger partial charge in [-0.05, 0) is 36.2 Å². The molecular weight excluding hydrogens is 388 g/mol. The highest BCUT2D eigenvalue weighted by atomic mass is 35.5. The molecule has 1 atom stereocenters. The van der Waals surface area contributed by atoms with Crippen molar-refractivity contribution in [2.75, 3.05) is 23.4 Å². The Morgan fingerprint density at radius 3 is 2.37 bits per heavy atom. The number of carbonyl (C=O) groups excluding carboxylic acids is 2. The molecule has 0 aromatic heterocycles. The highest BCUT2D eigenvalue weighted by molar-refractivity contribution is 7.91. The predicted molar refractivity (Wildman–Crippen MR) is 104 cm³/mol. The molecule has 1 heterocycles. The van der Waals surface area contributed by atoms with E-state index < -0.39 is 27.7 Å². The van der Waals surface area contributed by atoms with Crippen LogP contribution in [0.4, 0.5) is 5.69 Å². The van der Waals surface area contributed by atoms with Crippen molar-refractivity contribution in [3.05, 3.63) is 65.2 Å². The standard InChI is InChI=1S/C19H19ClN2O4S/c20-15-7-9-16(10-8-15)21-18(23)19(24)22-11-4-12-27(25,26)13-17(22)14-5-2-1-3-6-14/h1-3,5-10,17H,4,11-13H2,(H,21,23). The van der Waals surface area contributed by atoms with Gasteiger partial charge in [0.25, 0.3) is 0 Å². The second kappa shape index (κ2) is 8.10. The van der Waals surface area contributed by atoms with Crippen LogP contribution in [0.25, 0.3) is 0 Å². The molecule has 1 N–H and O–H groups in total. The molecule has 0 aliphatic carbocycles. The zero-order valence-corrected chi connectivity index (χ0v) is 16.0. The second-order valence-electron chi connectivity index (χ2n) is 6.35. The van der Waals surface area contributed by atoms with Gasteiger partial charge >= 0.3 is 11.8 Å². The summed E-state index contributed by atoms with van der Waals surface area (Å²) in [4.78, 5) is 26.6. The number of nitrogens with one attached hydrogen (secondary N) is 1. The number of nitrogens with zero attached hydrogens (tertiary/aromatic N) is 1. The minimum atomic E-state index is -3.31. The Balaban J connectivity index is 1.85. The Labute approximate surface area is 163 Å². The first-order valence-corrected chi connectivity index (χ1v) is 10.7. The summed E-state index contributed by atoms with van der Waals surface area (Å²) in [5, 5.41) is 3.06. The van der Waals surface area contributed by atoms with Gasteiger partial charge in [-0.2, -0.15) is 0 Å². The average Bonchev–Trinajstić information content (AvgIpc) is 2.81. The lowest BCUT2D eigenvalue weighted by atomic mass is 10.1. The van der Waals surface area contributed by atoms with Crippen molar-refractivity contribution in [2.24, 2.45) is 0 Å². The molecule has 1 aliphatic heterocycles. The van der Waals surface area contributed by atoms with Crippen molar-refractivity contribution in [1.29, 1.82) is 0 Å². The SMILES string of the molecule is O=C(Nc1ccc(Cl)cc1)C(=O)N1CCCS(=O)(=O)CC1c1ccccc1. The van der Waals surface area contributed by atoms with Crippen LogP contribution in [-0.2, 0) is 19.4 Å². The molecule has 27 heavy (non-hydrogen) atoms. The summed E-state index contributed by atoms with van der Waals surface area (Å²) in [5.74, 6) is -1.76. The lowest BCUT2D eigenvalue weighted by Crippen LogP contribution is -2.43. The number of hydrogen-bond acceptors (Lipinski definition) is 4. The highest BCUT2D eigenvalue weighted by Gasteiger charge is 2.35. The van der Waals surface area contributed by atoms with E-state index in [4.69, 9.17) is 11.6 Å². The van der Waals surface area contributed by atoms with E-state index in [0.717, 1.165) is 0 Å². The molecule has 0 spiro atoms. The minimum absolute atomic E-state index is 0.00107. The third-order valence-electron chi connectivity index (χ3n) is 4.38. The fraction of sp³-hybridized carbons (Fsp3) is 0.263. The zero-order chi connectivity index (χ0) is 19.4. The lowest BCUT2D eigenvalue weighted by Gasteiger charge is -2.29. The second-order valence-corrected chi connectivity index (χ2v) is 9.02. The first-order chi connectivity index (χ1) is 12.9. The van der Waals surface area contributed by atoms with E-state index in [2.05, 4.69) is 5.32 Å². The minimum Gasteiger partial charge on any atom is -0.326 e. The van der Waals surface area contributed by atoms with E-state index in [-0.39, 0.29) is 18.1 Å². The van der Waals surface area contributed by atoms with Crippen molar-refractivity contribution in [2.45, 2.75) is 12.5 Å². The predicted octanol–water partition coefficient (Wildman–Crippen LogP) is 2.67. The van der Waals surface area contributed by atoms with E-state index in [1.807, 2.05) is 6.07 Å². The van der Waals surface area contributed by atoms with Gasteiger partial charge in [-0.15, -0.1) is 0 Å². The van der Waals surface area contributed by atoms with Gasteiger partial charge < -0.3 is 10.2 Å². The van der Waals surface area contributed by atoms with Gasteiger partial charge in [-0.1, -0.05) is 41.9 Å². The van der Waals surface area contributed by atoms with Crippen molar-refractivity contribution >= 4 is 38.9 Å². The Morgan fingerprint density at radius 1 is 1.04 bits per heavy atom. The maximum Gasteiger partial charge on any atom is 0.313 e. The third kappa shape index (κ3) is 4.87. The van der Waals surface area contributed by atoms with Crippen LogP contribution in [0.15, 0.2) is 54.6 Å². The summed E-state index contributed by atoms with van der Waals surface area (Å²) in [6.45, 7) is 0.200. The van der Waals surface area contributed by atoms with E-state index in [1.165, 1.54) is 4.90 Å². The van der Waals surface area contributed by atoms with Crippen LogP contribution >= 0.6 is 11.6 Å².